The molecule has 0 aliphatic rings. The molecule has 8 heteroatoms. The number of para-hydroxylation sites is 1. The average Bonchev–Trinajstić information content (AvgIpc) is 2.82. The van der Waals surface area contributed by atoms with Crippen molar-refractivity contribution in [3.8, 4) is 11.5 Å². The lowest BCUT2D eigenvalue weighted by atomic mass is 10.1. The Kier molecular flexibility index (Phi) is 7.60. The van der Waals surface area contributed by atoms with Crippen LogP contribution < -0.4 is 19.1 Å². The number of methoxy groups -OCH3 is 2. The Morgan fingerprint density at radius 1 is 0.939 bits per heavy atom. The predicted molar refractivity (Wildman–Crippen MR) is 128 cm³/mol. The van der Waals surface area contributed by atoms with Gasteiger partial charge in [-0.2, -0.15) is 0 Å². The molecule has 0 saturated heterocycles. The third-order valence-corrected chi connectivity index (χ3v) is 7.00. The van der Waals surface area contributed by atoms with E-state index in [0.717, 1.165) is 15.4 Å². The van der Waals surface area contributed by atoms with Crippen LogP contribution in [-0.2, 0) is 14.8 Å². The third kappa shape index (κ3) is 5.64. The maximum atomic E-state index is 13.6. The molecule has 0 aliphatic carbocycles. The zero-order valence-electron chi connectivity index (χ0n) is 19.1. The molecule has 174 valence electrons. The van der Waals surface area contributed by atoms with Crippen molar-refractivity contribution in [1.82, 2.24) is 5.32 Å². The van der Waals surface area contributed by atoms with Gasteiger partial charge < -0.3 is 14.8 Å². The number of nitrogens with one attached hydrogen (secondary N) is 1. The highest BCUT2D eigenvalue weighted by Crippen LogP contribution is 2.32. The van der Waals surface area contributed by atoms with Crippen LogP contribution in [0.3, 0.4) is 0 Å². The minimum atomic E-state index is -4.08. The predicted octanol–water partition coefficient (Wildman–Crippen LogP) is 4.08. The Hall–Kier alpha value is -3.52. The molecular formula is C25H28N2O5S. The zero-order chi connectivity index (χ0) is 24.0. The first-order chi connectivity index (χ1) is 15.8. The Labute approximate surface area is 195 Å². The van der Waals surface area contributed by atoms with Gasteiger partial charge in [-0.15, -0.1) is 0 Å². The average molecular weight is 469 g/mol. The number of anilines is 1. The summed E-state index contributed by atoms with van der Waals surface area (Å²) in [6.45, 7) is 3.47. The molecule has 0 fully saturated rings. The van der Waals surface area contributed by atoms with Crippen LogP contribution in [0.15, 0.2) is 77.7 Å². The molecule has 0 bridgehead atoms. The van der Waals surface area contributed by atoms with Crippen LogP contribution in [0.25, 0.3) is 0 Å². The maximum absolute atomic E-state index is 13.6. The first-order valence-electron chi connectivity index (χ1n) is 10.4. The van der Waals surface area contributed by atoms with E-state index >= 15 is 0 Å². The Balaban J connectivity index is 1.90. The van der Waals surface area contributed by atoms with Gasteiger partial charge in [0.2, 0.25) is 5.91 Å². The highest BCUT2D eigenvalue weighted by Gasteiger charge is 2.28. The van der Waals surface area contributed by atoms with E-state index < -0.39 is 15.9 Å². The molecule has 33 heavy (non-hydrogen) atoms. The minimum Gasteiger partial charge on any atom is -0.493 e. The van der Waals surface area contributed by atoms with Crippen LogP contribution in [0.1, 0.15) is 24.1 Å². The number of benzene rings is 3. The first kappa shape index (κ1) is 24.1. The molecule has 3 rings (SSSR count). The van der Waals surface area contributed by atoms with Crippen molar-refractivity contribution in [2.75, 3.05) is 25.1 Å². The second-order valence-corrected chi connectivity index (χ2v) is 9.43. The normalized spacial score (nSPS) is 12.0. The lowest BCUT2D eigenvalue weighted by Crippen LogP contribution is -2.41. The summed E-state index contributed by atoms with van der Waals surface area (Å²) in [5, 5.41) is 2.89. The van der Waals surface area contributed by atoms with Gasteiger partial charge in [0.1, 0.15) is 6.54 Å². The van der Waals surface area contributed by atoms with Crippen molar-refractivity contribution < 1.29 is 22.7 Å². The van der Waals surface area contributed by atoms with Gasteiger partial charge in [0.15, 0.2) is 11.5 Å². The quantitative estimate of drug-likeness (QED) is 0.511. The summed E-state index contributed by atoms with van der Waals surface area (Å²) in [5.74, 6) is 0.271. The fraction of sp³-hybridized carbons (Fsp3) is 0.240. The van der Waals surface area contributed by atoms with Gasteiger partial charge in [-0.3, -0.25) is 9.10 Å². The van der Waals surface area contributed by atoms with Crippen LogP contribution in [0.4, 0.5) is 5.69 Å². The Bertz CT molecular complexity index is 1200. The van der Waals surface area contributed by atoms with Crippen molar-refractivity contribution in [2.45, 2.75) is 24.8 Å². The number of hydrogen-bond acceptors (Lipinski definition) is 5. The third-order valence-electron chi connectivity index (χ3n) is 5.23. The fourth-order valence-corrected chi connectivity index (χ4v) is 4.81. The van der Waals surface area contributed by atoms with Crippen molar-refractivity contribution >= 4 is 21.6 Å². The lowest BCUT2D eigenvalue weighted by Gasteiger charge is -2.25. The zero-order valence-corrected chi connectivity index (χ0v) is 19.9. The lowest BCUT2D eigenvalue weighted by molar-refractivity contribution is -0.120. The number of aryl methyl sites for hydroxylation is 1. The number of amides is 1. The molecule has 0 radical (unpaired) electrons. The molecule has 0 spiro atoms. The fourth-order valence-electron chi connectivity index (χ4n) is 3.37. The molecule has 1 amide bonds. The van der Waals surface area contributed by atoms with E-state index in [0.29, 0.717) is 11.4 Å². The van der Waals surface area contributed by atoms with Crippen molar-refractivity contribution in [1.29, 1.82) is 0 Å². The second kappa shape index (κ2) is 10.4. The highest BCUT2D eigenvalue weighted by atomic mass is 32.2. The molecule has 1 N–H and O–H groups in total. The monoisotopic (exact) mass is 468 g/mol. The number of hydrogen-bond donors (Lipinski definition) is 1. The van der Waals surface area contributed by atoms with Gasteiger partial charge in [-0.1, -0.05) is 48.0 Å². The molecule has 0 heterocycles. The molecule has 3 aromatic rings. The van der Waals surface area contributed by atoms with Crippen molar-refractivity contribution in [3.63, 3.8) is 0 Å². The summed E-state index contributed by atoms with van der Waals surface area (Å²) < 4.78 is 38.7. The van der Waals surface area contributed by atoms with Crippen molar-refractivity contribution in [3.05, 3.63) is 83.9 Å². The van der Waals surface area contributed by atoms with Crippen LogP contribution in [0.2, 0.25) is 0 Å². The molecule has 1 unspecified atom stereocenters. The topological polar surface area (TPSA) is 84.9 Å². The summed E-state index contributed by atoms with van der Waals surface area (Å²) in [6, 6.07) is 20.4. The van der Waals surface area contributed by atoms with E-state index in [2.05, 4.69) is 5.32 Å². The number of nitrogens with zero attached hydrogens (tertiary/aromatic N) is 1. The molecule has 0 saturated carbocycles. The van der Waals surface area contributed by atoms with Crippen LogP contribution in [0.5, 0.6) is 11.5 Å². The number of sulfonamides is 1. The van der Waals surface area contributed by atoms with Gasteiger partial charge in [0.25, 0.3) is 10.0 Å². The Morgan fingerprint density at radius 3 is 2.18 bits per heavy atom. The molecule has 1 atom stereocenters. The highest BCUT2D eigenvalue weighted by molar-refractivity contribution is 7.92. The van der Waals surface area contributed by atoms with Crippen LogP contribution >= 0.6 is 0 Å². The number of ether oxygens (including phenoxy) is 2. The summed E-state index contributed by atoms with van der Waals surface area (Å²) in [7, 11) is -1.17. The number of carbonyl (C=O) groups is 1. The van der Waals surface area contributed by atoms with Gasteiger partial charge in [-0.25, -0.2) is 8.42 Å². The smallest absolute Gasteiger partial charge is 0.264 e. The van der Waals surface area contributed by atoms with E-state index in [-0.39, 0.29) is 23.2 Å². The molecule has 3 aromatic carbocycles. The summed E-state index contributed by atoms with van der Waals surface area (Å²) >= 11 is 0. The van der Waals surface area contributed by atoms with E-state index in [9.17, 15) is 13.2 Å². The molecule has 0 aliphatic heterocycles. The largest absolute Gasteiger partial charge is 0.493 e. The summed E-state index contributed by atoms with van der Waals surface area (Å²) in [6.07, 6.45) is 0. The van der Waals surface area contributed by atoms with Gasteiger partial charge >= 0.3 is 0 Å². The maximum Gasteiger partial charge on any atom is 0.264 e. The van der Waals surface area contributed by atoms with E-state index in [4.69, 9.17) is 9.47 Å². The first-order valence-corrected chi connectivity index (χ1v) is 11.9. The van der Waals surface area contributed by atoms with Gasteiger partial charge in [-0.05, 0) is 43.7 Å². The molecule has 0 aromatic heterocycles. The van der Waals surface area contributed by atoms with Crippen molar-refractivity contribution in [2.24, 2.45) is 0 Å². The second-order valence-electron chi connectivity index (χ2n) is 7.56. The molecule has 7 nitrogen and oxygen atoms in total. The SMILES string of the molecule is COc1ccc(S(=O)(=O)N(CC(=O)NC(C)c2ccc(C)cc2)c2ccccc2)cc1OC. The Morgan fingerprint density at radius 2 is 1.58 bits per heavy atom. The standard InChI is InChI=1S/C25H28N2O5S/c1-18-10-12-20(13-11-18)19(2)26-25(28)17-27(21-8-6-5-7-9-21)33(29,30)22-14-15-23(31-3)24(16-22)32-4/h5-16,19H,17H2,1-4H3,(H,26,28). The van der Waals surface area contributed by atoms with Crippen LogP contribution in [0, 0.1) is 6.92 Å². The van der Waals surface area contributed by atoms with Crippen LogP contribution in [-0.4, -0.2) is 35.1 Å². The van der Waals surface area contributed by atoms with Gasteiger partial charge in [0, 0.05) is 6.07 Å². The van der Waals surface area contributed by atoms with E-state index in [1.165, 1.54) is 32.4 Å². The summed E-state index contributed by atoms with van der Waals surface area (Å²) in [5.41, 5.74) is 2.43. The molecular weight excluding hydrogens is 440 g/mol. The number of carbonyl (C=O) groups excluding carboxylic acids is 1. The summed E-state index contributed by atoms with van der Waals surface area (Å²) in [4.78, 5) is 12.9. The van der Waals surface area contributed by atoms with E-state index in [1.807, 2.05) is 38.1 Å². The minimum absolute atomic E-state index is 0.0108. The van der Waals surface area contributed by atoms with Gasteiger partial charge in [0.05, 0.1) is 30.8 Å². The number of rotatable bonds is 9. The van der Waals surface area contributed by atoms with E-state index in [1.54, 1.807) is 30.3 Å².